The van der Waals surface area contributed by atoms with Crippen LogP contribution >= 0.6 is 0 Å². The third-order valence-corrected chi connectivity index (χ3v) is 7.12. The molecular weight excluding hydrogens is 480 g/mol. The normalized spacial score (nSPS) is 14.3. The molecule has 0 bridgehead atoms. The summed E-state index contributed by atoms with van der Waals surface area (Å²) in [5.41, 5.74) is 3.05. The van der Waals surface area contributed by atoms with Crippen molar-refractivity contribution in [3.05, 3.63) is 106 Å². The van der Waals surface area contributed by atoms with Crippen molar-refractivity contribution in [3.63, 3.8) is 0 Å². The Morgan fingerprint density at radius 2 is 1.68 bits per heavy atom. The quantitative estimate of drug-likeness (QED) is 0.321. The summed E-state index contributed by atoms with van der Waals surface area (Å²) in [4.78, 5) is 34.9. The van der Waals surface area contributed by atoms with Crippen LogP contribution in [0.1, 0.15) is 21.7 Å². The van der Waals surface area contributed by atoms with Crippen LogP contribution in [0.2, 0.25) is 0 Å². The second kappa shape index (κ2) is 10.1. The van der Waals surface area contributed by atoms with Gasteiger partial charge in [-0.3, -0.25) is 9.69 Å². The molecule has 8 heteroatoms. The first kappa shape index (κ1) is 23.9. The lowest BCUT2D eigenvalue weighted by Gasteiger charge is -2.34. The van der Waals surface area contributed by atoms with Gasteiger partial charge in [0.2, 0.25) is 0 Å². The summed E-state index contributed by atoms with van der Waals surface area (Å²) in [5.74, 6) is 1.16. The number of piperazine rings is 1. The lowest BCUT2D eigenvalue weighted by Crippen LogP contribution is -2.49. The third-order valence-electron chi connectivity index (χ3n) is 7.12. The fourth-order valence-corrected chi connectivity index (χ4v) is 5.10. The number of hydrogen-bond acceptors (Lipinski definition) is 6. The molecule has 3 heterocycles. The molecule has 1 aliphatic rings. The highest BCUT2D eigenvalue weighted by Crippen LogP contribution is 2.25. The number of carbonyl (C=O) groups is 1. The Kier molecular flexibility index (Phi) is 6.39. The zero-order valence-electron chi connectivity index (χ0n) is 21.2. The molecule has 0 unspecified atom stereocenters. The standard InChI is InChI=1S/C30H28N4O4/c1-37-26-13-7-10-22-18-23(30(36)38-28(22)26)29(35)33-16-14-32(15-17-33)20-27-31-24-11-5-6-12-25(24)34(27)19-21-8-3-2-4-9-21/h2-13,18H,14-17,19-20H2,1H3. The largest absolute Gasteiger partial charge is 0.493 e. The molecule has 1 aliphatic heterocycles. The number of ether oxygens (including phenoxy) is 1. The van der Waals surface area contributed by atoms with E-state index in [4.69, 9.17) is 14.1 Å². The van der Waals surface area contributed by atoms with Crippen LogP contribution in [-0.4, -0.2) is 58.5 Å². The minimum absolute atomic E-state index is 0.0452. The van der Waals surface area contributed by atoms with Crippen LogP contribution in [0, 0.1) is 0 Å². The van der Waals surface area contributed by atoms with Gasteiger partial charge < -0.3 is 18.6 Å². The van der Waals surface area contributed by atoms with Crippen molar-refractivity contribution in [1.82, 2.24) is 19.4 Å². The van der Waals surface area contributed by atoms with Gasteiger partial charge in [0.05, 0.1) is 24.7 Å². The Morgan fingerprint density at radius 3 is 2.47 bits per heavy atom. The highest BCUT2D eigenvalue weighted by molar-refractivity contribution is 5.97. The van der Waals surface area contributed by atoms with Gasteiger partial charge in [0.15, 0.2) is 11.3 Å². The highest BCUT2D eigenvalue weighted by Gasteiger charge is 2.26. The Bertz CT molecular complexity index is 1670. The number of carbonyl (C=O) groups excluding carboxylic acids is 1. The first-order chi connectivity index (χ1) is 18.6. The summed E-state index contributed by atoms with van der Waals surface area (Å²) in [6.45, 7) is 3.85. The number of amides is 1. The number of imidazole rings is 1. The lowest BCUT2D eigenvalue weighted by molar-refractivity contribution is 0.0620. The fraction of sp³-hybridized carbons (Fsp3) is 0.233. The molecule has 3 aromatic carbocycles. The monoisotopic (exact) mass is 508 g/mol. The van der Waals surface area contributed by atoms with Crippen molar-refractivity contribution in [2.75, 3.05) is 33.3 Å². The van der Waals surface area contributed by atoms with Crippen LogP contribution in [0.5, 0.6) is 5.75 Å². The van der Waals surface area contributed by atoms with Crippen LogP contribution in [0.15, 0.2) is 88.1 Å². The smallest absolute Gasteiger partial charge is 0.349 e. The van der Waals surface area contributed by atoms with Gasteiger partial charge in [-0.15, -0.1) is 0 Å². The number of methoxy groups -OCH3 is 1. The van der Waals surface area contributed by atoms with Crippen LogP contribution in [0.25, 0.3) is 22.0 Å². The SMILES string of the molecule is COc1cccc2cc(C(=O)N3CCN(Cc4nc5ccccc5n4Cc4ccccc4)CC3)c(=O)oc12. The molecule has 1 amide bonds. The molecule has 5 aromatic rings. The first-order valence-corrected chi connectivity index (χ1v) is 12.7. The summed E-state index contributed by atoms with van der Waals surface area (Å²) in [5, 5.41) is 0.656. The van der Waals surface area contributed by atoms with Gasteiger partial charge in [0.25, 0.3) is 5.91 Å². The van der Waals surface area contributed by atoms with Crippen molar-refractivity contribution >= 4 is 27.9 Å². The predicted octanol–water partition coefficient (Wildman–Crippen LogP) is 4.16. The van der Waals surface area contributed by atoms with Crippen molar-refractivity contribution in [3.8, 4) is 5.75 Å². The summed E-state index contributed by atoms with van der Waals surface area (Å²) >= 11 is 0. The van der Waals surface area contributed by atoms with Gasteiger partial charge >= 0.3 is 5.63 Å². The van der Waals surface area contributed by atoms with Crippen molar-refractivity contribution < 1.29 is 13.9 Å². The molecule has 0 atom stereocenters. The molecule has 8 nitrogen and oxygen atoms in total. The topological polar surface area (TPSA) is 80.8 Å². The van der Waals surface area contributed by atoms with E-state index in [1.165, 1.54) is 12.7 Å². The average Bonchev–Trinajstić information content (AvgIpc) is 3.29. The summed E-state index contributed by atoms with van der Waals surface area (Å²) in [7, 11) is 1.52. The molecule has 38 heavy (non-hydrogen) atoms. The molecule has 192 valence electrons. The summed E-state index contributed by atoms with van der Waals surface area (Å²) < 4.78 is 13.0. The number of rotatable bonds is 6. The number of hydrogen-bond donors (Lipinski definition) is 0. The maximum atomic E-state index is 13.3. The van der Waals surface area contributed by atoms with Gasteiger partial charge in [-0.1, -0.05) is 54.6 Å². The molecule has 0 spiro atoms. The maximum Gasteiger partial charge on any atom is 0.349 e. The Hall–Kier alpha value is -4.43. The molecule has 0 saturated carbocycles. The van der Waals surface area contributed by atoms with E-state index in [9.17, 15) is 9.59 Å². The number of aromatic nitrogens is 2. The number of para-hydroxylation sites is 3. The zero-order chi connectivity index (χ0) is 26.1. The molecule has 0 radical (unpaired) electrons. The van der Waals surface area contributed by atoms with E-state index in [2.05, 4.69) is 39.8 Å². The summed E-state index contributed by atoms with van der Waals surface area (Å²) in [6, 6.07) is 25.5. The van der Waals surface area contributed by atoms with E-state index in [1.54, 1.807) is 29.2 Å². The molecule has 0 aliphatic carbocycles. The van der Waals surface area contributed by atoms with Crippen LogP contribution in [0.4, 0.5) is 0 Å². The molecule has 1 saturated heterocycles. The Labute approximate surface area is 219 Å². The second-order valence-corrected chi connectivity index (χ2v) is 9.48. The second-order valence-electron chi connectivity index (χ2n) is 9.48. The van der Waals surface area contributed by atoms with Crippen LogP contribution in [0.3, 0.4) is 0 Å². The fourth-order valence-electron chi connectivity index (χ4n) is 5.10. The van der Waals surface area contributed by atoms with Crippen LogP contribution < -0.4 is 10.4 Å². The van der Waals surface area contributed by atoms with Crippen molar-refractivity contribution in [2.24, 2.45) is 0 Å². The van der Waals surface area contributed by atoms with Gasteiger partial charge in [0, 0.05) is 38.1 Å². The number of nitrogens with zero attached hydrogens (tertiary/aromatic N) is 4. The van der Waals surface area contributed by atoms with E-state index in [0.717, 1.165) is 23.4 Å². The van der Waals surface area contributed by atoms with E-state index >= 15 is 0 Å². The van der Waals surface area contributed by atoms with Gasteiger partial charge in [-0.05, 0) is 29.8 Å². The van der Waals surface area contributed by atoms with E-state index in [-0.39, 0.29) is 11.5 Å². The zero-order valence-corrected chi connectivity index (χ0v) is 21.2. The third kappa shape index (κ3) is 4.54. The minimum Gasteiger partial charge on any atom is -0.493 e. The first-order valence-electron chi connectivity index (χ1n) is 12.7. The van der Waals surface area contributed by atoms with E-state index in [0.29, 0.717) is 49.4 Å². The van der Waals surface area contributed by atoms with Crippen molar-refractivity contribution in [1.29, 1.82) is 0 Å². The molecule has 2 aromatic heterocycles. The predicted molar refractivity (Wildman–Crippen MR) is 145 cm³/mol. The molecule has 6 rings (SSSR count). The van der Waals surface area contributed by atoms with Crippen LogP contribution in [-0.2, 0) is 13.1 Å². The average molecular weight is 509 g/mol. The van der Waals surface area contributed by atoms with Crippen molar-refractivity contribution in [2.45, 2.75) is 13.1 Å². The van der Waals surface area contributed by atoms with Gasteiger partial charge in [-0.2, -0.15) is 0 Å². The highest BCUT2D eigenvalue weighted by atomic mass is 16.5. The van der Waals surface area contributed by atoms with Gasteiger partial charge in [-0.25, -0.2) is 9.78 Å². The molecule has 0 N–H and O–H groups in total. The Balaban J connectivity index is 1.18. The molecule has 1 fully saturated rings. The molecular formula is C30H28N4O4. The summed E-state index contributed by atoms with van der Waals surface area (Å²) in [6.07, 6.45) is 0. The van der Waals surface area contributed by atoms with E-state index in [1.807, 2.05) is 24.3 Å². The number of benzene rings is 3. The minimum atomic E-state index is -0.649. The maximum absolute atomic E-state index is 13.3. The number of fused-ring (bicyclic) bond motifs is 2. The van der Waals surface area contributed by atoms with E-state index < -0.39 is 5.63 Å². The van der Waals surface area contributed by atoms with Gasteiger partial charge in [0.1, 0.15) is 11.4 Å². The Morgan fingerprint density at radius 1 is 0.921 bits per heavy atom. The lowest BCUT2D eigenvalue weighted by atomic mass is 10.1.